The summed E-state index contributed by atoms with van der Waals surface area (Å²) in [7, 11) is -4.45. The van der Waals surface area contributed by atoms with Gasteiger partial charge in [0.05, 0.1) is 18.2 Å². The van der Waals surface area contributed by atoms with E-state index in [0.717, 1.165) is 4.31 Å². The molecule has 2 aliphatic heterocycles. The molecule has 176 valence electrons. The molecular weight excluding hydrogens is 540 g/mol. The molecule has 0 saturated heterocycles. The number of rotatable bonds is 3. The van der Waals surface area contributed by atoms with E-state index in [1.165, 1.54) is 36.4 Å². The fourth-order valence-electron chi connectivity index (χ4n) is 4.31. The highest BCUT2D eigenvalue weighted by Gasteiger charge is 2.48. The zero-order valence-corrected chi connectivity index (χ0v) is 20.3. The average Bonchev–Trinajstić information content (AvgIpc) is 2.83. The second kappa shape index (κ2) is 8.52. The molecule has 0 aliphatic carbocycles. The number of nitrogens with zero attached hydrogens (tertiary/aromatic N) is 2. The first-order chi connectivity index (χ1) is 16.7. The minimum atomic E-state index is -4.45. The molecular formula is C25H16BrF2N3O3S. The van der Waals surface area contributed by atoms with Gasteiger partial charge in [0.2, 0.25) is 5.88 Å². The van der Waals surface area contributed by atoms with E-state index < -0.39 is 27.6 Å². The van der Waals surface area contributed by atoms with Gasteiger partial charge in [0.25, 0.3) is 10.0 Å². The third-order valence-electron chi connectivity index (χ3n) is 5.90. The third kappa shape index (κ3) is 3.68. The SMILES string of the molecule is N#CC1=C(N)OC2=C([C@H]1c1cc(Br)ccc1F)S(=O)(=O)N(Cc1ccccc1F)c1ccccc12. The number of sulfonamides is 1. The Bertz CT molecular complexity index is 1600. The van der Waals surface area contributed by atoms with Gasteiger partial charge in [-0.15, -0.1) is 0 Å². The number of allylic oxidation sites excluding steroid dienone is 2. The van der Waals surface area contributed by atoms with Gasteiger partial charge in [0.1, 0.15) is 28.2 Å². The predicted octanol–water partition coefficient (Wildman–Crippen LogP) is 5.25. The lowest BCUT2D eigenvalue weighted by atomic mass is 9.88. The van der Waals surface area contributed by atoms with E-state index >= 15 is 4.39 Å². The van der Waals surface area contributed by atoms with Gasteiger partial charge in [-0.2, -0.15) is 5.26 Å². The molecule has 0 unspecified atom stereocenters. The Morgan fingerprint density at radius 2 is 1.77 bits per heavy atom. The molecule has 0 amide bonds. The number of benzene rings is 3. The Balaban J connectivity index is 1.80. The van der Waals surface area contributed by atoms with Crippen molar-refractivity contribution >= 4 is 37.4 Å². The number of fused-ring (bicyclic) bond motifs is 2. The van der Waals surface area contributed by atoms with Gasteiger partial charge in [-0.3, -0.25) is 4.31 Å². The standard InChI is InChI=1S/C25H16BrF2N3O3S/c26-15-9-10-20(28)17(11-15)22-18(12-29)25(30)34-23-16-6-2-4-8-21(16)31(35(32,33)24(22)23)13-14-5-1-3-7-19(14)27/h1-11,22H,13,30H2/t22-/m0/s1. The molecule has 10 heteroatoms. The van der Waals surface area contributed by atoms with Crippen molar-refractivity contribution in [3.05, 3.63) is 116 Å². The number of halogens is 3. The topological polar surface area (TPSA) is 96.4 Å². The summed E-state index contributed by atoms with van der Waals surface area (Å²) in [5, 5.41) is 9.86. The molecule has 0 fully saturated rings. The Labute approximate surface area is 208 Å². The van der Waals surface area contributed by atoms with Crippen molar-refractivity contribution in [2.24, 2.45) is 5.73 Å². The summed E-state index contributed by atoms with van der Waals surface area (Å²) in [6.45, 7) is -0.322. The summed E-state index contributed by atoms with van der Waals surface area (Å²) in [6, 6.07) is 18.3. The summed E-state index contributed by atoms with van der Waals surface area (Å²) < 4.78 is 65.1. The minimum Gasteiger partial charge on any atom is -0.439 e. The highest BCUT2D eigenvalue weighted by atomic mass is 79.9. The number of hydrogen-bond acceptors (Lipinski definition) is 5. The van der Waals surface area contributed by atoms with Gasteiger partial charge in [0.15, 0.2) is 5.76 Å². The highest BCUT2D eigenvalue weighted by Crippen LogP contribution is 2.51. The lowest BCUT2D eigenvalue weighted by Crippen LogP contribution is -2.39. The van der Waals surface area contributed by atoms with Crippen molar-refractivity contribution in [1.82, 2.24) is 0 Å². The van der Waals surface area contributed by atoms with Crippen molar-refractivity contribution in [3.63, 3.8) is 0 Å². The average molecular weight is 556 g/mol. The van der Waals surface area contributed by atoms with Crippen LogP contribution in [0.2, 0.25) is 0 Å². The van der Waals surface area contributed by atoms with Crippen LogP contribution in [0.3, 0.4) is 0 Å². The minimum absolute atomic E-state index is 0.0662. The number of nitriles is 1. The first-order valence-electron chi connectivity index (χ1n) is 10.4. The molecule has 0 bridgehead atoms. The molecule has 0 aromatic heterocycles. The molecule has 0 spiro atoms. The number of ether oxygens (including phenoxy) is 1. The van der Waals surface area contributed by atoms with Crippen LogP contribution in [0.1, 0.15) is 22.6 Å². The van der Waals surface area contributed by atoms with Crippen molar-refractivity contribution in [3.8, 4) is 6.07 Å². The number of para-hydroxylation sites is 1. The van der Waals surface area contributed by atoms with E-state index in [1.807, 2.05) is 6.07 Å². The Kier molecular flexibility index (Phi) is 5.62. The van der Waals surface area contributed by atoms with Gasteiger partial charge in [0, 0.05) is 21.2 Å². The van der Waals surface area contributed by atoms with Crippen LogP contribution in [0, 0.1) is 23.0 Å². The predicted molar refractivity (Wildman–Crippen MR) is 130 cm³/mol. The van der Waals surface area contributed by atoms with Gasteiger partial charge >= 0.3 is 0 Å². The number of hydrogen-bond donors (Lipinski definition) is 1. The molecule has 3 aromatic carbocycles. The maximum Gasteiger partial charge on any atom is 0.265 e. The molecule has 5 rings (SSSR count). The van der Waals surface area contributed by atoms with Crippen molar-refractivity contribution in [2.45, 2.75) is 12.5 Å². The van der Waals surface area contributed by atoms with Crippen LogP contribution in [-0.4, -0.2) is 8.42 Å². The molecule has 1 atom stereocenters. The molecule has 2 heterocycles. The third-order valence-corrected chi connectivity index (χ3v) is 8.28. The first-order valence-corrected chi connectivity index (χ1v) is 12.6. The number of nitrogens with two attached hydrogens (primary N) is 1. The van der Waals surface area contributed by atoms with Crippen molar-refractivity contribution in [1.29, 1.82) is 5.26 Å². The van der Waals surface area contributed by atoms with Crippen LogP contribution < -0.4 is 10.0 Å². The molecule has 0 saturated carbocycles. The van der Waals surface area contributed by atoms with Crippen LogP contribution in [-0.2, 0) is 21.3 Å². The molecule has 2 N–H and O–H groups in total. The van der Waals surface area contributed by atoms with Gasteiger partial charge in [-0.25, -0.2) is 17.2 Å². The Morgan fingerprint density at radius 3 is 2.51 bits per heavy atom. The van der Waals surface area contributed by atoms with E-state index in [0.29, 0.717) is 10.0 Å². The van der Waals surface area contributed by atoms with E-state index in [1.54, 1.807) is 30.3 Å². The van der Waals surface area contributed by atoms with E-state index in [-0.39, 0.29) is 45.5 Å². The van der Waals surface area contributed by atoms with Crippen molar-refractivity contribution in [2.75, 3.05) is 4.31 Å². The summed E-state index contributed by atoms with van der Waals surface area (Å²) in [5.74, 6) is -3.07. The molecule has 2 aliphatic rings. The quantitative estimate of drug-likeness (QED) is 0.475. The van der Waals surface area contributed by atoms with Crippen LogP contribution in [0.15, 0.2) is 87.6 Å². The van der Waals surface area contributed by atoms with Crippen LogP contribution in [0.5, 0.6) is 0 Å². The largest absolute Gasteiger partial charge is 0.439 e. The lowest BCUT2D eigenvalue weighted by molar-refractivity contribution is 0.357. The lowest BCUT2D eigenvalue weighted by Gasteiger charge is -2.38. The summed E-state index contributed by atoms with van der Waals surface area (Å²) in [6.07, 6.45) is 0. The fourth-order valence-corrected chi connectivity index (χ4v) is 6.58. The zero-order valence-electron chi connectivity index (χ0n) is 17.9. The van der Waals surface area contributed by atoms with E-state index in [4.69, 9.17) is 10.5 Å². The normalized spacial score (nSPS) is 18.5. The van der Waals surface area contributed by atoms with Crippen LogP contribution in [0.25, 0.3) is 5.76 Å². The second-order valence-electron chi connectivity index (χ2n) is 7.90. The molecule has 35 heavy (non-hydrogen) atoms. The molecule has 3 aromatic rings. The summed E-state index contributed by atoms with van der Waals surface area (Å²) in [4.78, 5) is -0.338. The first kappa shape index (κ1) is 23.1. The van der Waals surface area contributed by atoms with E-state index in [9.17, 15) is 18.1 Å². The zero-order chi connectivity index (χ0) is 24.9. The summed E-state index contributed by atoms with van der Waals surface area (Å²) >= 11 is 3.28. The van der Waals surface area contributed by atoms with Gasteiger partial charge in [-0.1, -0.05) is 46.3 Å². The van der Waals surface area contributed by atoms with E-state index in [2.05, 4.69) is 15.9 Å². The number of anilines is 1. The van der Waals surface area contributed by atoms with Crippen molar-refractivity contribution < 1.29 is 21.9 Å². The maximum absolute atomic E-state index is 15.1. The van der Waals surface area contributed by atoms with Crippen LogP contribution in [0.4, 0.5) is 14.5 Å². The molecule has 6 nitrogen and oxygen atoms in total. The molecule has 0 radical (unpaired) electrons. The van der Waals surface area contributed by atoms with Gasteiger partial charge in [-0.05, 0) is 36.4 Å². The van der Waals surface area contributed by atoms with Gasteiger partial charge < -0.3 is 10.5 Å². The van der Waals surface area contributed by atoms with Crippen LogP contribution >= 0.6 is 15.9 Å². The second-order valence-corrected chi connectivity index (χ2v) is 10.7. The Morgan fingerprint density at radius 1 is 1.06 bits per heavy atom. The Hall–Kier alpha value is -3.68. The smallest absolute Gasteiger partial charge is 0.265 e. The highest BCUT2D eigenvalue weighted by molar-refractivity contribution is 9.10. The summed E-state index contributed by atoms with van der Waals surface area (Å²) in [5.41, 5.74) is 6.50. The fraction of sp³-hybridized carbons (Fsp3) is 0.0800. The monoisotopic (exact) mass is 555 g/mol. The maximum atomic E-state index is 15.1.